The molecule has 0 heterocycles. The summed E-state index contributed by atoms with van der Waals surface area (Å²) in [7, 11) is -0.425. The van der Waals surface area contributed by atoms with E-state index in [1.807, 2.05) is 0 Å². The van der Waals surface area contributed by atoms with Crippen molar-refractivity contribution in [3.63, 3.8) is 0 Å². The first-order valence-corrected chi connectivity index (χ1v) is 22.3. The summed E-state index contributed by atoms with van der Waals surface area (Å²) in [4.78, 5) is 13.1. The first-order chi connectivity index (χ1) is 20.6. The number of hydrogen-bond acceptors (Lipinski definition) is 3. The first-order valence-electron chi connectivity index (χ1n) is 19.4. The predicted octanol–water partition coefficient (Wildman–Crippen LogP) is 13.7. The molecule has 0 saturated heterocycles. The van der Waals surface area contributed by atoms with Crippen LogP contribution in [-0.2, 0) is 14.0 Å². The zero-order chi connectivity index (χ0) is 32.2. The SMILES string of the molecule is CCCCCCCCCCCCCCC[C@H](O[Si](C)(C)C(C)(C)C)[C@@H](CCCCCCCCCCCCCC)C(=O)OC. The summed E-state index contributed by atoms with van der Waals surface area (Å²) in [5.41, 5.74) is 0. The molecule has 0 aromatic carbocycles. The van der Waals surface area contributed by atoms with E-state index in [9.17, 15) is 4.79 Å². The van der Waals surface area contributed by atoms with Gasteiger partial charge in [0.25, 0.3) is 0 Å². The van der Waals surface area contributed by atoms with Crippen LogP contribution in [0.15, 0.2) is 0 Å². The summed E-state index contributed by atoms with van der Waals surface area (Å²) < 4.78 is 12.4. The van der Waals surface area contributed by atoms with Gasteiger partial charge in [-0.3, -0.25) is 4.79 Å². The van der Waals surface area contributed by atoms with Crippen LogP contribution < -0.4 is 0 Å². The number of rotatable bonds is 31. The fourth-order valence-corrected chi connectivity index (χ4v) is 7.47. The lowest BCUT2D eigenvalue weighted by atomic mass is 9.91. The van der Waals surface area contributed by atoms with Crippen molar-refractivity contribution in [3.05, 3.63) is 0 Å². The lowest BCUT2D eigenvalue weighted by Gasteiger charge is -2.41. The molecule has 4 heteroatoms. The molecule has 2 atom stereocenters. The molecule has 3 nitrogen and oxygen atoms in total. The van der Waals surface area contributed by atoms with Gasteiger partial charge in [-0.2, -0.15) is 0 Å². The van der Waals surface area contributed by atoms with Gasteiger partial charge < -0.3 is 9.16 Å². The molecule has 0 radical (unpaired) electrons. The summed E-state index contributed by atoms with van der Waals surface area (Å²) in [5, 5.41) is 0.137. The van der Waals surface area contributed by atoms with Crippen molar-refractivity contribution in [1.82, 2.24) is 0 Å². The highest BCUT2D eigenvalue weighted by molar-refractivity contribution is 6.74. The molecule has 0 amide bonds. The van der Waals surface area contributed by atoms with Crippen LogP contribution in [0.3, 0.4) is 0 Å². The van der Waals surface area contributed by atoms with Gasteiger partial charge >= 0.3 is 5.97 Å². The lowest BCUT2D eigenvalue weighted by molar-refractivity contribution is -0.149. The van der Waals surface area contributed by atoms with Gasteiger partial charge in [0.1, 0.15) is 0 Å². The maximum atomic E-state index is 13.1. The van der Waals surface area contributed by atoms with Crippen LogP contribution in [0.5, 0.6) is 0 Å². The third kappa shape index (κ3) is 23.6. The summed E-state index contributed by atoms with van der Waals surface area (Å²) in [6, 6.07) is 0. The van der Waals surface area contributed by atoms with E-state index >= 15 is 0 Å². The topological polar surface area (TPSA) is 35.5 Å². The Labute approximate surface area is 272 Å². The van der Waals surface area contributed by atoms with Crippen molar-refractivity contribution >= 4 is 14.3 Å². The number of unbranched alkanes of at least 4 members (excludes halogenated alkanes) is 23. The first kappa shape index (κ1) is 42.6. The molecule has 0 unspecified atom stereocenters. The van der Waals surface area contributed by atoms with Gasteiger partial charge in [0, 0.05) is 0 Å². The third-order valence-electron chi connectivity index (χ3n) is 10.2. The molecule has 0 aromatic heterocycles. The fraction of sp³-hybridized carbons (Fsp3) is 0.974. The molecular formula is C39H80O3Si. The largest absolute Gasteiger partial charge is 0.469 e. The van der Waals surface area contributed by atoms with Crippen molar-refractivity contribution in [1.29, 1.82) is 0 Å². The molecule has 0 spiro atoms. The number of carbonyl (C=O) groups is 1. The number of methoxy groups -OCH3 is 1. The predicted molar refractivity (Wildman–Crippen MR) is 194 cm³/mol. The molecular weight excluding hydrogens is 545 g/mol. The Kier molecular flexibility index (Phi) is 27.7. The minimum Gasteiger partial charge on any atom is -0.469 e. The van der Waals surface area contributed by atoms with E-state index in [2.05, 4.69) is 47.7 Å². The van der Waals surface area contributed by atoms with E-state index in [0.29, 0.717) is 0 Å². The monoisotopic (exact) mass is 625 g/mol. The van der Waals surface area contributed by atoms with Crippen LogP contribution in [0.25, 0.3) is 0 Å². The summed E-state index contributed by atoms with van der Waals surface area (Å²) in [5.74, 6) is -0.180. The molecule has 0 N–H and O–H groups in total. The molecule has 0 bridgehead atoms. The van der Waals surface area contributed by atoms with Crippen molar-refractivity contribution in [2.75, 3.05) is 7.11 Å². The molecule has 43 heavy (non-hydrogen) atoms. The Hall–Kier alpha value is -0.353. The van der Waals surface area contributed by atoms with E-state index in [-0.39, 0.29) is 23.0 Å². The smallest absolute Gasteiger partial charge is 0.311 e. The third-order valence-corrected chi connectivity index (χ3v) is 14.7. The van der Waals surface area contributed by atoms with E-state index in [1.165, 1.54) is 148 Å². The second-order valence-electron chi connectivity index (χ2n) is 15.3. The maximum Gasteiger partial charge on any atom is 0.311 e. The molecule has 258 valence electrons. The van der Waals surface area contributed by atoms with Gasteiger partial charge in [0.2, 0.25) is 0 Å². The number of hydrogen-bond donors (Lipinski definition) is 0. The number of carbonyl (C=O) groups excluding carboxylic acids is 1. The molecule has 0 aliphatic heterocycles. The van der Waals surface area contributed by atoms with Gasteiger partial charge in [-0.25, -0.2) is 0 Å². The van der Waals surface area contributed by atoms with Gasteiger partial charge in [0.15, 0.2) is 8.32 Å². The highest BCUT2D eigenvalue weighted by Gasteiger charge is 2.42. The van der Waals surface area contributed by atoms with Gasteiger partial charge in [-0.1, -0.05) is 195 Å². The lowest BCUT2D eigenvalue weighted by Crippen LogP contribution is -2.47. The summed E-state index contributed by atoms with van der Waals surface area (Å²) in [6.07, 6.45) is 35.7. The van der Waals surface area contributed by atoms with E-state index in [4.69, 9.17) is 9.16 Å². The highest BCUT2D eigenvalue weighted by Crippen LogP contribution is 2.39. The van der Waals surface area contributed by atoms with E-state index < -0.39 is 8.32 Å². The van der Waals surface area contributed by atoms with Gasteiger partial charge in [-0.05, 0) is 31.0 Å². The normalized spacial score (nSPS) is 13.8. The number of esters is 1. The minimum absolute atomic E-state index is 0.00578. The van der Waals surface area contributed by atoms with Crippen molar-refractivity contribution in [2.45, 2.75) is 232 Å². The number of ether oxygens (including phenoxy) is 1. The highest BCUT2D eigenvalue weighted by atomic mass is 28.4. The minimum atomic E-state index is -1.99. The Morgan fingerprint density at radius 1 is 0.535 bits per heavy atom. The van der Waals surface area contributed by atoms with Gasteiger partial charge in [0.05, 0.1) is 19.1 Å². The molecule has 0 aliphatic rings. The average Bonchev–Trinajstić information content (AvgIpc) is 2.96. The Bertz CT molecular complexity index is 612. The maximum absolute atomic E-state index is 13.1. The van der Waals surface area contributed by atoms with Crippen molar-refractivity contribution in [2.24, 2.45) is 5.92 Å². The van der Waals surface area contributed by atoms with Crippen LogP contribution in [0.4, 0.5) is 0 Å². The Balaban J connectivity index is 4.57. The van der Waals surface area contributed by atoms with E-state index in [0.717, 1.165) is 25.7 Å². The Morgan fingerprint density at radius 2 is 0.837 bits per heavy atom. The van der Waals surface area contributed by atoms with Crippen LogP contribution in [-0.4, -0.2) is 27.5 Å². The molecule has 0 saturated carbocycles. The molecule has 0 aliphatic carbocycles. The zero-order valence-corrected chi connectivity index (χ0v) is 32.0. The van der Waals surface area contributed by atoms with Crippen LogP contribution >= 0.6 is 0 Å². The zero-order valence-electron chi connectivity index (χ0n) is 31.0. The van der Waals surface area contributed by atoms with Gasteiger partial charge in [-0.15, -0.1) is 0 Å². The van der Waals surface area contributed by atoms with Crippen molar-refractivity contribution < 1.29 is 14.0 Å². The second kappa shape index (κ2) is 27.9. The van der Waals surface area contributed by atoms with Crippen molar-refractivity contribution in [3.8, 4) is 0 Å². The summed E-state index contributed by atoms with van der Waals surface area (Å²) in [6.45, 7) is 16.2. The standard InChI is InChI=1S/C39H80O3Si/c1-9-11-13-15-17-19-21-23-25-27-29-31-33-35-37(42-43(7,8)39(3,4)5)36(38(40)41-6)34-32-30-28-26-24-22-20-18-16-14-12-10-2/h36-37H,9-35H2,1-8H3/t36-,37+/m1/s1. The molecule has 0 fully saturated rings. The summed E-state index contributed by atoms with van der Waals surface area (Å²) >= 11 is 0. The fourth-order valence-electron chi connectivity index (χ4n) is 6.07. The average molecular weight is 625 g/mol. The van der Waals surface area contributed by atoms with Crippen LogP contribution in [0.2, 0.25) is 18.1 Å². The van der Waals surface area contributed by atoms with E-state index in [1.54, 1.807) is 7.11 Å². The quantitative estimate of drug-likeness (QED) is 0.0437. The molecule has 0 rings (SSSR count). The molecule has 0 aromatic rings. The Morgan fingerprint density at radius 3 is 1.14 bits per heavy atom. The second-order valence-corrected chi connectivity index (χ2v) is 20.0. The van der Waals surface area contributed by atoms with Crippen LogP contribution in [0, 0.1) is 5.92 Å². The van der Waals surface area contributed by atoms with Crippen LogP contribution in [0.1, 0.15) is 208 Å².